The summed E-state index contributed by atoms with van der Waals surface area (Å²) in [5.74, 6) is 1.57. The van der Waals surface area contributed by atoms with Gasteiger partial charge in [-0.1, -0.05) is 6.92 Å². The van der Waals surface area contributed by atoms with Crippen LogP contribution in [0.3, 0.4) is 0 Å². The van der Waals surface area contributed by atoms with E-state index in [0.29, 0.717) is 6.04 Å². The van der Waals surface area contributed by atoms with Crippen LogP contribution in [0.5, 0.6) is 0 Å². The van der Waals surface area contributed by atoms with E-state index in [9.17, 15) is 4.21 Å². The Labute approximate surface area is 101 Å². The molecular weight excluding hydrogens is 222 g/mol. The normalized spacial score (nSPS) is 29.9. The van der Waals surface area contributed by atoms with E-state index in [1.165, 1.54) is 19.3 Å². The molecule has 1 N–H and O–H groups in total. The summed E-state index contributed by atoms with van der Waals surface area (Å²) < 4.78 is 17.2. The van der Waals surface area contributed by atoms with Crippen molar-refractivity contribution in [3.63, 3.8) is 0 Å². The van der Waals surface area contributed by atoms with E-state index in [1.54, 1.807) is 0 Å². The fraction of sp³-hybridized carbons (Fsp3) is 1.00. The Morgan fingerprint density at radius 2 is 2.31 bits per heavy atom. The summed E-state index contributed by atoms with van der Waals surface area (Å²) in [6.07, 6.45) is 6.08. The van der Waals surface area contributed by atoms with Gasteiger partial charge in [-0.2, -0.15) is 0 Å². The molecule has 2 fully saturated rings. The molecule has 1 saturated heterocycles. The molecule has 1 saturated carbocycles. The molecule has 0 aromatic heterocycles. The van der Waals surface area contributed by atoms with E-state index in [-0.39, 0.29) is 5.60 Å². The zero-order valence-corrected chi connectivity index (χ0v) is 11.0. The lowest BCUT2D eigenvalue weighted by Crippen LogP contribution is -2.51. The van der Waals surface area contributed by atoms with E-state index >= 15 is 0 Å². The number of hydrogen-bond acceptors (Lipinski definition) is 3. The smallest absolute Gasteiger partial charge is 0.0697 e. The molecule has 0 aromatic rings. The lowest BCUT2D eigenvalue weighted by molar-refractivity contribution is -0.135. The topological polar surface area (TPSA) is 38.3 Å². The van der Waals surface area contributed by atoms with Gasteiger partial charge in [0.2, 0.25) is 0 Å². The van der Waals surface area contributed by atoms with Gasteiger partial charge in [0, 0.05) is 41.5 Å². The van der Waals surface area contributed by atoms with Gasteiger partial charge in [-0.05, 0) is 32.1 Å². The fourth-order valence-corrected chi connectivity index (χ4v) is 3.28. The third-order valence-corrected chi connectivity index (χ3v) is 5.15. The number of hydrogen-bond donors (Lipinski definition) is 1. The molecule has 4 heteroatoms. The molecule has 1 spiro atoms. The number of ether oxygens (including phenoxy) is 1. The summed E-state index contributed by atoms with van der Waals surface area (Å²) in [6, 6.07) is 0.586. The van der Waals surface area contributed by atoms with Gasteiger partial charge in [-0.25, -0.2) is 0 Å². The summed E-state index contributed by atoms with van der Waals surface area (Å²) in [5.41, 5.74) is 0.222. The Bertz CT molecular complexity index is 253. The first-order valence-electron chi connectivity index (χ1n) is 6.46. The van der Waals surface area contributed by atoms with Gasteiger partial charge in [0.25, 0.3) is 0 Å². The lowest BCUT2D eigenvalue weighted by atomic mass is 9.74. The van der Waals surface area contributed by atoms with Crippen LogP contribution in [-0.4, -0.2) is 40.5 Å². The highest BCUT2D eigenvalue weighted by molar-refractivity contribution is 7.84. The van der Waals surface area contributed by atoms with Crippen molar-refractivity contribution in [1.82, 2.24) is 5.32 Å². The molecule has 2 rings (SSSR count). The van der Waals surface area contributed by atoms with Crippen LogP contribution >= 0.6 is 0 Å². The molecule has 1 heterocycles. The highest BCUT2D eigenvalue weighted by atomic mass is 32.2. The van der Waals surface area contributed by atoms with Crippen molar-refractivity contribution in [1.29, 1.82) is 0 Å². The monoisotopic (exact) mass is 245 g/mol. The first-order chi connectivity index (χ1) is 7.74. The minimum atomic E-state index is -0.632. The molecule has 2 atom stereocenters. The second kappa shape index (κ2) is 5.61. The van der Waals surface area contributed by atoms with Crippen LogP contribution < -0.4 is 5.32 Å². The Balaban J connectivity index is 1.67. The maximum atomic E-state index is 11.3. The number of nitrogens with one attached hydrogen (secondary N) is 1. The highest BCUT2D eigenvalue weighted by Gasteiger charge is 2.42. The van der Waals surface area contributed by atoms with Crippen molar-refractivity contribution in [2.75, 3.05) is 24.7 Å². The predicted octanol–water partition coefficient (Wildman–Crippen LogP) is 1.45. The van der Waals surface area contributed by atoms with Crippen LogP contribution in [0.1, 0.15) is 39.0 Å². The van der Waals surface area contributed by atoms with Gasteiger partial charge < -0.3 is 10.1 Å². The summed E-state index contributed by atoms with van der Waals surface area (Å²) in [4.78, 5) is 0. The Morgan fingerprint density at radius 3 is 2.94 bits per heavy atom. The molecule has 2 unspecified atom stereocenters. The van der Waals surface area contributed by atoms with Gasteiger partial charge in [-0.15, -0.1) is 0 Å². The second-order valence-corrected chi connectivity index (χ2v) is 6.83. The van der Waals surface area contributed by atoms with Crippen molar-refractivity contribution < 1.29 is 8.95 Å². The van der Waals surface area contributed by atoms with Crippen molar-refractivity contribution in [2.45, 2.75) is 50.7 Å². The Kier molecular flexibility index (Phi) is 4.39. The third kappa shape index (κ3) is 3.05. The zero-order valence-electron chi connectivity index (χ0n) is 10.2. The highest BCUT2D eigenvalue weighted by Crippen LogP contribution is 2.42. The van der Waals surface area contributed by atoms with Crippen LogP contribution in [0.2, 0.25) is 0 Å². The predicted molar refractivity (Wildman–Crippen MR) is 67.1 cm³/mol. The second-order valence-electron chi connectivity index (χ2n) is 4.96. The zero-order chi connectivity index (χ0) is 11.4. The molecule has 1 aliphatic carbocycles. The van der Waals surface area contributed by atoms with Gasteiger partial charge in [0.05, 0.1) is 5.60 Å². The van der Waals surface area contributed by atoms with Crippen LogP contribution in [-0.2, 0) is 15.5 Å². The summed E-state index contributed by atoms with van der Waals surface area (Å²) in [6.45, 7) is 3.77. The van der Waals surface area contributed by atoms with Crippen molar-refractivity contribution >= 4 is 10.8 Å². The largest absolute Gasteiger partial charge is 0.375 e. The van der Waals surface area contributed by atoms with Gasteiger partial charge in [0.1, 0.15) is 0 Å². The third-order valence-electron chi connectivity index (χ3n) is 3.84. The molecule has 3 nitrogen and oxygen atoms in total. The van der Waals surface area contributed by atoms with E-state index in [1.807, 2.05) is 6.92 Å². The standard InChI is InChI=1S/C12H23NO2S/c1-2-16(14)9-7-13-11-4-8-15-12(10-11)5-3-6-12/h11,13H,2-10H2,1H3. The van der Waals surface area contributed by atoms with Gasteiger partial charge in [-0.3, -0.25) is 4.21 Å². The van der Waals surface area contributed by atoms with E-state index in [0.717, 1.165) is 37.5 Å². The molecule has 0 bridgehead atoms. The van der Waals surface area contributed by atoms with Crippen molar-refractivity contribution in [3.8, 4) is 0 Å². The first-order valence-corrected chi connectivity index (χ1v) is 7.95. The van der Waals surface area contributed by atoms with Crippen LogP contribution in [0.25, 0.3) is 0 Å². The SMILES string of the molecule is CCS(=O)CCNC1CCOC2(CCC2)C1. The number of rotatable bonds is 5. The molecule has 0 radical (unpaired) electrons. The van der Waals surface area contributed by atoms with Crippen LogP contribution in [0.15, 0.2) is 0 Å². The van der Waals surface area contributed by atoms with E-state index in [2.05, 4.69) is 5.32 Å². The minimum Gasteiger partial charge on any atom is -0.375 e. The quantitative estimate of drug-likeness (QED) is 0.796. The molecule has 2 aliphatic rings. The van der Waals surface area contributed by atoms with Crippen LogP contribution in [0, 0.1) is 0 Å². The summed E-state index contributed by atoms with van der Waals surface area (Å²) >= 11 is 0. The summed E-state index contributed by atoms with van der Waals surface area (Å²) in [5, 5.41) is 3.54. The van der Waals surface area contributed by atoms with Crippen molar-refractivity contribution in [3.05, 3.63) is 0 Å². The summed E-state index contributed by atoms with van der Waals surface area (Å²) in [7, 11) is -0.632. The minimum absolute atomic E-state index is 0.222. The average molecular weight is 245 g/mol. The van der Waals surface area contributed by atoms with E-state index in [4.69, 9.17) is 4.74 Å². The Morgan fingerprint density at radius 1 is 1.50 bits per heavy atom. The first kappa shape index (κ1) is 12.5. The average Bonchev–Trinajstić information content (AvgIpc) is 2.27. The lowest BCUT2D eigenvalue weighted by Gasteiger charge is -2.47. The molecule has 94 valence electrons. The molecular formula is C12H23NO2S. The molecule has 1 aliphatic heterocycles. The maximum Gasteiger partial charge on any atom is 0.0697 e. The van der Waals surface area contributed by atoms with Crippen molar-refractivity contribution in [2.24, 2.45) is 0 Å². The fourth-order valence-electron chi connectivity index (χ4n) is 2.64. The molecule has 0 amide bonds. The Hall–Kier alpha value is 0.0700. The van der Waals surface area contributed by atoms with Gasteiger partial charge >= 0.3 is 0 Å². The van der Waals surface area contributed by atoms with Crippen LogP contribution in [0.4, 0.5) is 0 Å². The van der Waals surface area contributed by atoms with E-state index < -0.39 is 10.8 Å². The molecule has 16 heavy (non-hydrogen) atoms. The molecule has 0 aromatic carbocycles. The maximum absolute atomic E-state index is 11.3. The van der Waals surface area contributed by atoms with Gasteiger partial charge in [0.15, 0.2) is 0 Å².